The lowest BCUT2D eigenvalue weighted by Crippen LogP contribution is -2.18. The zero-order valence-electron chi connectivity index (χ0n) is 9.31. The molecule has 0 aliphatic rings. The standard InChI is InChI=1S/C12H13ClF3N/c1-7(2)6-10(17)11-8(12(14,15)16)4-3-5-9(11)13/h3-5,10H,1,6,17H2,2H3/t10-/m0/s1. The molecular weight excluding hydrogens is 251 g/mol. The molecule has 0 radical (unpaired) electrons. The summed E-state index contributed by atoms with van der Waals surface area (Å²) in [6, 6.07) is 2.87. The molecule has 1 aromatic rings. The summed E-state index contributed by atoms with van der Waals surface area (Å²) in [5.74, 6) is 0. The van der Waals surface area contributed by atoms with Gasteiger partial charge in [-0.2, -0.15) is 13.2 Å². The maximum absolute atomic E-state index is 12.8. The second-order valence-electron chi connectivity index (χ2n) is 3.97. The molecule has 1 rings (SSSR count). The van der Waals surface area contributed by atoms with Crippen LogP contribution >= 0.6 is 11.6 Å². The minimum absolute atomic E-state index is 0.0357. The van der Waals surface area contributed by atoms with E-state index in [1.54, 1.807) is 6.92 Å². The van der Waals surface area contributed by atoms with Gasteiger partial charge in [0.2, 0.25) is 0 Å². The predicted octanol–water partition coefficient (Wildman–Crippen LogP) is 4.32. The summed E-state index contributed by atoms with van der Waals surface area (Å²) in [4.78, 5) is 0. The first-order chi connectivity index (χ1) is 7.73. The third-order valence-corrected chi connectivity index (χ3v) is 2.63. The maximum atomic E-state index is 12.8. The average Bonchev–Trinajstić information content (AvgIpc) is 2.14. The summed E-state index contributed by atoms with van der Waals surface area (Å²) in [6.07, 6.45) is -4.18. The van der Waals surface area contributed by atoms with E-state index in [4.69, 9.17) is 17.3 Å². The molecule has 1 atom stereocenters. The van der Waals surface area contributed by atoms with E-state index in [9.17, 15) is 13.2 Å². The maximum Gasteiger partial charge on any atom is 0.416 e. The van der Waals surface area contributed by atoms with E-state index in [2.05, 4.69) is 6.58 Å². The van der Waals surface area contributed by atoms with Gasteiger partial charge < -0.3 is 5.73 Å². The Bertz CT molecular complexity index is 426. The zero-order valence-corrected chi connectivity index (χ0v) is 10.1. The summed E-state index contributed by atoms with van der Waals surface area (Å²) in [5.41, 5.74) is 5.62. The Morgan fingerprint density at radius 3 is 2.53 bits per heavy atom. The monoisotopic (exact) mass is 263 g/mol. The molecule has 0 amide bonds. The van der Waals surface area contributed by atoms with Gasteiger partial charge in [0.05, 0.1) is 5.56 Å². The van der Waals surface area contributed by atoms with Gasteiger partial charge in [-0.05, 0) is 31.0 Å². The molecule has 1 nitrogen and oxygen atoms in total. The Balaban J connectivity index is 3.25. The van der Waals surface area contributed by atoms with Gasteiger partial charge >= 0.3 is 6.18 Å². The van der Waals surface area contributed by atoms with Crippen LogP contribution in [0.15, 0.2) is 30.4 Å². The number of benzene rings is 1. The van der Waals surface area contributed by atoms with Crippen LogP contribution in [0.25, 0.3) is 0 Å². The van der Waals surface area contributed by atoms with Crippen molar-refractivity contribution in [3.05, 3.63) is 46.5 Å². The first-order valence-corrected chi connectivity index (χ1v) is 5.37. The Morgan fingerprint density at radius 2 is 2.06 bits per heavy atom. The van der Waals surface area contributed by atoms with Gasteiger partial charge in [-0.1, -0.05) is 23.2 Å². The molecule has 0 aliphatic carbocycles. The quantitative estimate of drug-likeness (QED) is 0.808. The van der Waals surface area contributed by atoms with Crippen molar-refractivity contribution in [2.24, 2.45) is 5.73 Å². The van der Waals surface area contributed by atoms with E-state index in [1.807, 2.05) is 0 Å². The number of hydrogen-bond acceptors (Lipinski definition) is 1. The molecule has 0 aromatic heterocycles. The van der Waals surface area contributed by atoms with Crippen LogP contribution in [0.5, 0.6) is 0 Å². The molecular formula is C12H13ClF3N. The number of rotatable bonds is 3. The van der Waals surface area contributed by atoms with E-state index in [0.717, 1.165) is 6.07 Å². The summed E-state index contributed by atoms with van der Waals surface area (Å²) in [5, 5.41) is 0.0357. The minimum Gasteiger partial charge on any atom is -0.324 e. The number of hydrogen-bond donors (Lipinski definition) is 1. The Kier molecular flexibility index (Phi) is 4.22. The normalized spacial score (nSPS) is 13.5. The van der Waals surface area contributed by atoms with Crippen molar-refractivity contribution in [2.75, 3.05) is 0 Å². The van der Waals surface area contributed by atoms with Crippen molar-refractivity contribution in [3.63, 3.8) is 0 Å². The van der Waals surface area contributed by atoms with Gasteiger partial charge in [-0.3, -0.25) is 0 Å². The van der Waals surface area contributed by atoms with Gasteiger partial charge in [0.25, 0.3) is 0 Å². The van der Waals surface area contributed by atoms with E-state index in [0.29, 0.717) is 5.57 Å². The second kappa shape index (κ2) is 5.10. The highest BCUT2D eigenvalue weighted by Gasteiger charge is 2.35. The van der Waals surface area contributed by atoms with Crippen LogP contribution < -0.4 is 5.73 Å². The molecule has 5 heteroatoms. The fourth-order valence-electron chi connectivity index (χ4n) is 1.64. The van der Waals surface area contributed by atoms with Gasteiger partial charge in [0, 0.05) is 11.1 Å². The topological polar surface area (TPSA) is 26.0 Å². The van der Waals surface area contributed by atoms with Crippen LogP contribution in [0.1, 0.15) is 30.5 Å². The van der Waals surface area contributed by atoms with Crippen molar-refractivity contribution < 1.29 is 13.2 Å². The van der Waals surface area contributed by atoms with E-state index < -0.39 is 17.8 Å². The van der Waals surface area contributed by atoms with Crippen LogP contribution in [-0.2, 0) is 6.18 Å². The SMILES string of the molecule is C=C(C)C[C@H](N)c1c(Cl)cccc1C(F)(F)F. The lowest BCUT2D eigenvalue weighted by Gasteiger charge is -2.19. The van der Waals surface area contributed by atoms with Crippen LogP contribution in [-0.4, -0.2) is 0 Å². The molecule has 0 spiro atoms. The van der Waals surface area contributed by atoms with Crippen molar-refractivity contribution in [2.45, 2.75) is 25.6 Å². The van der Waals surface area contributed by atoms with Gasteiger partial charge in [0.15, 0.2) is 0 Å². The highest BCUT2D eigenvalue weighted by molar-refractivity contribution is 6.31. The van der Waals surface area contributed by atoms with E-state index in [-0.39, 0.29) is 17.0 Å². The minimum atomic E-state index is -4.45. The first-order valence-electron chi connectivity index (χ1n) is 4.99. The highest BCUT2D eigenvalue weighted by atomic mass is 35.5. The first kappa shape index (κ1) is 14.1. The Labute approximate surface area is 103 Å². The third-order valence-electron chi connectivity index (χ3n) is 2.30. The molecule has 17 heavy (non-hydrogen) atoms. The summed E-state index contributed by atoms with van der Waals surface area (Å²) in [7, 11) is 0. The fraction of sp³-hybridized carbons (Fsp3) is 0.333. The molecule has 0 bridgehead atoms. The molecule has 0 unspecified atom stereocenters. The molecule has 94 valence electrons. The largest absolute Gasteiger partial charge is 0.416 e. The number of halogens is 4. The summed E-state index contributed by atoms with van der Waals surface area (Å²) >= 11 is 5.80. The van der Waals surface area contributed by atoms with E-state index in [1.165, 1.54) is 12.1 Å². The van der Waals surface area contributed by atoms with Crippen LogP contribution in [0.3, 0.4) is 0 Å². The molecule has 1 aromatic carbocycles. The van der Waals surface area contributed by atoms with Crippen LogP contribution in [0.4, 0.5) is 13.2 Å². The second-order valence-corrected chi connectivity index (χ2v) is 4.37. The van der Waals surface area contributed by atoms with Gasteiger partial charge in [0.1, 0.15) is 0 Å². The van der Waals surface area contributed by atoms with Gasteiger partial charge in [-0.15, -0.1) is 6.58 Å². The van der Waals surface area contributed by atoms with Gasteiger partial charge in [-0.25, -0.2) is 0 Å². The summed E-state index contributed by atoms with van der Waals surface area (Å²) < 4.78 is 38.4. The molecule has 0 saturated heterocycles. The Hall–Kier alpha value is -1.00. The number of alkyl halides is 3. The van der Waals surface area contributed by atoms with Crippen LogP contribution in [0.2, 0.25) is 5.02 Å². The highest BCUT2D eigenvalue weighted by Crippen LogP contribution is 2.38. The van der Waals surface area contributed by atoms with Crippen molar-refractivity contribution in [1.29, 1.82) is 0 Å². The molecule has 0 aliphatic heterocycles. The fourth-order valence-corrected chi connectivity index (χ4v) is 1.95. The zero-order chi connectivity index (χ0) is 13.2. The summed E-state index contributed by atoms with van der Waals surface area (Å²) in [6.45, 7) is 5.35. The third kappa shape index (κ3) is 3.48. The average molecular weight is 264 g/mol. The number of nitrogens with two attached hydrogens (primary N) is 1. The lowest BCUT2D eigenvalue weighted by molar-refractivity contribution is -0.138. The van der Waals surface area contributed by atoms with Crippen molar-refractivity contribution in [1.82, 2.24) is 0 Å². The smallest absolute Gasteiger partial charge is 0.324 e. The molecule has 0 heterocycles. The molecule has 0 fully saturated rings. The van der Waals surface area contributed by atoms with Crippen molar-refractivity contribution in [3.8, 4) is 0 Å². The predicted molar refractivity (Wildman–Crippen MR) is 62.8 cm³/mol. The van der Waals surface area contributed by atoms with Crippen LogP contribution in [0, 0.1) is 0 Å². The van der Waals surface area contributed by atoms with E-state index >= 15 is 0 Å². The van der Waals surface area contributed by atoms with Crippen molar-refractivity contribution >= 4 is 11.6 Å². The Morgan fingerprint density at radius 1 is 1.47 bits per heavy atom. The molecule has 0 saturated carbocycles. The lowest BCUT2D eigenvalue weighted by atomic mass is 9.96. The molecule has 2 N–H and O–H groups in total.